The Morgan fingerprint density at radius 2 is 1.90 bits per heavy atom. The first-order valence-electron chi connectivity index (χ1n) is 9.86. The van der Waals surface area contributed by atoms with Gasteiger partial charge in [-0.1, -0.05) is 30.3 Å². The van der Waals surface area contributed by atoms with Crippen LogP contribution in [0.25, 0.3) is 0 Å². The first-order valence-corrected chi connectivity index (χ1v) is 10.7. The van der Waals surface area contributed by atoms with Crippen LogP contribution < -0.4 is 4.74 Å². The molecule has 152 valence electrons. The Kier molecular flexibility index (Phi) is 4.20. The molecule has 0 N–H and O–H groups in total. The van der Waals surface area contributed by atoms with E-state index >= 15 is 0 Å². The Labute approximate surface area is 177 Å². The summed E-state index contributed by atoms with van der Waals surface area (Å²) in [7, 11) is 1.63. The second kappa shape index (κ2) is 6.35. The molecule has 3 atom stereocenters. The molecular formula is C23H22BrF2NO2. The van der Waals surface area contributed by atoms with Crippen LogP contribution in [0.1, 0.15) is 47.6 Å². The molecule has 3 nitrogen and oxygen atoms in total. The fourth-order valence-corrected chi connectivity index (χ4v) is 5.34. The molecule has 6 heteroatoms. The van der Waals surface area contributed by atoms with E-state index in [1.807, 2.05) is 36.4 Å². The molecule has 3 unspecified atom stereocenters. The van der Waals surface area contributed by atoms with Crippen molar-refractivity contribution < 1.29 is 18.3 Å². The molecule has 2 fully saturated rings. The van der Waals surface area contributed by atoms with E-state index in [9.17, 15) is 13.6 Å². The first-order chi connectivity index (χ1) is 13.8. The standard InChI is InChI=1S/C23H22BrF2NO2/c1-29-17-5-2-15(3-6-17)11-27-14-21(8-9-21)19-10-16(22(25)13-23(22,24)26)4-7-18(19)20(27)12-28/h2-7,10,12,20H,8-9,11,13-14H2,1H3. The molecule has 0 amide bonds. The number of carbonyl (C=O) groups excluding carboxylic acids is 1. The second-order valence-electron chi connectivity index (χ2n) is 8.60. The molecule has 29 heavy (non-hydrogen) atoms. The van der Waals surface area contributed by atoms with Crippen molar-refractivity contribution in [1.82, 2.24) is 4.90 Å². The lowest BCUT2D eigenvalue weighted by Crippen LogP contribution is -2.42. The van der Waals surface area contributed by atoms with Crippen LogP contribution in [-0.2, 0) is 22.4 Å². The van der Waals surface area contributed by atoms with Crippen LogP contribution in [0.3, 0.4) is 0 Å². The van der Waals surface area contributed by atoms with Crippen molar-refractivity contribution in [2.75, 3.05) is 13.7 Å². The summed E-state index contributed by atoms with van der Waals surface area (Å²) in [4.78, 5) is 14.2. The summed E-state index contributed by atoms with van der Waals surface area (Å²) in [6, 6.07) is 12.8. The number of fused-ring (bicyclic) bond motifs is 2. The molecule has 0 bridgehead atoms. The lowest BCUT2D eigenvalue weighted by atomic mass is 9.81. The number of hydrogen-bond donors (Lipinski definition) is 0. The Morgan fingerprint density at radius 1 is 1.21 bits per heavy atom. The van der Waals surface area contributed by atoms with Crippen molar-refractivity contribution in [3.8, 4) is 5.75 Å². The maximum Gasteiger partial charge on any atom is 0.206 e. The number of rotatable bonds is 5. The van der Waals surface area contributed by atoms with Gasteiger partial charge in [-0.05, 0) is 63.2 Å². The number of methoxy groups -OCH3 is 1. The van der Waals surface area contributed by atoms with E-state index in [0.29, 0.717) is 12.1 Å². The number of hydrogen-bond acceptors (Lipinski definition) is 3. The average molecular weight is 462 g/mol. The summed E-state index contributed by atoms with van der Waals surface area (Å²) in [5.41, 5.74) is 1.38. The molecule has 2 aromatic rings. The third-order valence-corrected chi connectivity index (χ3v) is 7.66. The van der Waals surface area contributed by atoms with Gasteiger partial charge in [-0.25, -0.2) is 8.78 Å². The van der Waals surface area contributed by atoms with Crippen LogP contribution in [-0.4, -0.2) is 29.4 Å². The van der Waals surface area contributed by atoms with E-state index in [4.69, 9.17) is 4.74 Å². The summed E-state index contributed by atoms with van der Waals surface area (Å²) >= 11 is 2.85. The van der Waals surface area contributed by atoms with Crippen LogP contribution in [0.5, 0.6) is 5.75 Å². The first kappa shape index (κ1) is 19.2. The van der Waals surface area contributed by atoms with Crippen molar-refractivity contribution in [2.45, 2.75) is 47.5 Å². The maximum atomic E-state index is 14.9. The maximum absolute atomic E-state index is 14.9. The predicted octanol–water partition coefficient (Wildman–Crippen LogP) is 5.11. The van der Waals surface area contributed by atoms with E-state index in [1.165, 1.54) is 0 Å². The number of aldehydes is 1. The van der Waals surface area contributed by atoms with Crippen molar-refractivity contribution in [3.63, 3.8) is 0 Å². The van der Waals surface area contributed by atoms with E-state index < -0.39 is 10.2 Å². The molecular weight excluding hydrogens is 440 g/mol. The summed E-state index contributed by atoms with van der Waals surface area (Å²) < 4.78 is 32.3. The quantitative estimate of drug-likeness (QED) is 0.457. The largest absolute Gasteiger partial charge is 0.497 e. The molecule has 0 saturated heterocycles. The molecule has 2 saturated carbocycles. The van der Waals surface area contributed by atoms with E-state index in [2.05, 4.69) is 20.8 Å². The van der Waals surface area contributed by atoms with Gasteiger partial charge in [0.1, 0.15) is 12.0 Å². The van der Waals surface area contributed by atoms with Crippen molar-refractivity contribution in [2.24, 2.45) is 0 Å². The lowest BCUT2D eigenvalue weighted by molar-refractivity contribution is -0.113. The minimum absolute atomic E-state index is 0.0616. The second-order valence-corrected chi connectivity index (χ2v) is 9.86. The van der Waals surface area contributed by atoms with E-state index in [-0.39, 0.29) is 17.9 Å². The van der Waals surface area contributed by atoms with Crippen LogP contribution in [0.4, 0.5) is 8.78 Å². The van der Waals surface area contributed by atoms with Gasteiger partial charge in [-0.2, -0.15) is 0 Å². The van der Waals surface area contributed by atoms with Crippen molar-refractivity contribution in [3.05, 3.63) is 64.7 Å². The third-order valence-electron chi connectivity index (χ3n) is 6.75. The van der Waals surface area contributed by atoms with Gasteiger partial charge in [-0.15, -0.1) is 0 Å². The summed E-state index contributed by atoms with van der Waals surface area (Å²) in [5.74, 6) is 0.798. The monoisotopic (exact) mass is 461 g/mol. The molecule has 3 aliphatic rings. The topological polar surface area (TPSA) is 29.5 Å². The molecule has 5 rings (SSSR count). The molecule has 1 heterocycles. The Balaban J connectivity index is 1.48. The number of halogens is 3. The van der Waals surface area contributed by atoms with Crippen LogP contribution >= 0.6 is 15.9 Å². The van der Waals surface area contributed by atoms with Crippen LogP contribution in [0, 0.1) is 0 Å². The van der Waals surface area contributed by atoms with Crippen molar-refractivity contribution in [1.29, 1.82) is 0 Å². The van der Waals surface area contributed by atoms with Gasteiger partial charge in [0, 0.05) is 24.9 Å². The van der Waals surface area contributed by atoms with Gasteiger partial charge < -0.3 is 9.53 Å². The van der Waals surface area contributed by atoms with Gasteiger partial charge in [0.05, 0.1) is 13.2 Å². The summed E-state index contributed by atoms with van der Waals surface area (Å²) in [6.45, 7) is 1.39. The third kappa shape index (κ3) is 2.95. The fraction of sp³-hybridized carbons (Fsp3) is 0.435. The van der Waals surface area contributed by atoms with Gasteiger partial charge in [0.25, 0.3) is 0 Å². The molecule has 1 aliphatic heterocycles. The predicted molar refractivity (Wildman–Crippen MR) is 110 cm³/mol. The fourth-order valence-electron chi connectivity index (χ4n) is 4.72. The zero-order valence-electron chi connectivity index (χ0n) is 16.1. The zero-order chi connectivity index (χ0) is 20.4. The van der Waals surface area contributed by atoms with E-state index in [1.54, 1.807) is 13.2 Å². The SMILES string of the molecule is COc1ccc(CN2CC3(CC3)c3cc(C4(F)CC4(F)Br)ccc3C2C=O)cc1. The van der Waals surface area contributed by atoms with Gasteiger partial charge >= 0.3 is 0 Å². The smallest absolute Gasteiger partial charge is 0.206 e. The summed E-state index contributed by atoms with van der Waals surface area (Å²) in [5, 5.41) is 0. The Morgan fingerprint density at radius 3 is 2.45 bits per heavy atom. The minimum Gasteiger partial charge on any atom is -0.497 e. The van der Waals surface area contributed by atoms with Gasteiger partial charge in [-0.3, -0.25) is 4.90 Å². The van der Waals surface area contributed by atoms with Gasteiger partial charge in [0.15, 0.2) is 5.67 Å². The molecule has 0 aromatic heterocycles. The Hall–Kier alpha value is -1.79. The highest BCUT2D eigenvalue weighted by Crippen LogP contribution is 2.66. The number of ether oxygens (including phenoxy) is 1. The van der Waals surface area contributed by atoms with Gasteiger partial charge in [0.2, 0.25) is 4.58 Å². The van der Waals surface area contributed by atoms with Crippen molar-refractivity contribution >= 4 is 22.2 Å². The molecule has 1 spiro atoms. The number of alkyl halides is 3. The molecule has 0 radical (unpaired) electrons. The average Bonchev–Trinajstić information content (AvgIpc) is 3.59. The Bertz CT molecular complexity index is 973. The lowest BCUT2D eigenvalue weighted by Gasteiger charge is -2.40. The van der Waals surface area contributed by atoms with Crippen LogP contribution in [0.2, 0.25) is 0 Å². The molecule has 2 aromatic carbocycles. The number of carbonyl (C=O) groups is 1. The molecule has 2 aliphatic carbocycles. The van der Waals surface area contributed by atoms with E-state index in [0.717, 1.165) is 48.1 Å². The zero-order valence-corrected chi connectivity index (χ0v) is 17.7. The minimum atomic E-state index is -1.98. The van der Waals surface area contributed by atoms with Crippen LogP contribution in [0.15, 0.2) is 42.5 Å². The highest BCUT2D eigenvalue weighted by molar-refractivity contribution is 9.10. The normalized spacial score (nSPS) is 31.9. The number of nitrogens with zero attached hydrogens (tertiary/aromatic N) is 1. The highest BCUT2D eigenvalue weighted by atomic mass is 79.9. The number of benzene rings is 2. The summed E-state index contributed by atoms with van der Waals surface area (Å²) in [6.07, 6.45) is 2.79. The highest BCUT2D eigenvalue weighted by Gasteiger charge is 2.71.